The molecule has 1 atom stereocenters. The molecule has 1 unspecified atom stereocenters. The summed E-state index contributed by atoms with van der Waals surface area (Å²) in [5.74, 6) is 0. The first-order valence-electron chi connectivity index (χ1n) is 6.22. The molecule has 6 heteroatoms. The summed E-state index contributed by atoms with van der Waals surface area (Å²) in [6.07, 6.45) is 5.49. The summed E-state index contributed by atoms with van der Waals surface area (Å²) >= 11 is 5.30. The van der Waals surface area contributed by atoms with Crippen LogP contribution in [-0.2, 0) is 11.3 Å². The number of aromatic nitrogens is 2. The van der Waals surface area contributed by atoms with Gasteiger partial charge in [-0.25, -0.2) is 4.98 Å². The average Bonchev–Trinajstić information content (AvgIpc) is 2.83. The Morgan fingerprint density at radius 2 is 2.16 bits per heavy atom. The Kier molecular flexibility index (Phi) is 8.36. The summed E-state index contributed by atoms with van der Waals surface area (Å²) in [4.78, 5) is 4.21. The van der Waals surface area contributed by atoms with Crippen molar-refractivity contribution in [2.24, 2.45) is 0 Å². The molecule has 19 heavy (non-hydrogen) atoms. The zero-order valence-corrected chi connectivity index (χ0v) is 15.7. The zero-order valence-electron chi connectivity index (χ0n) is 11.0. The van der Waals surface area contributed by atoms with Crippen LogP contribution in [0, 0.1) is 0 Å². The van der Waals surface area contributed by atoms with E-state index in [0.717, 1.165) is 23.1 Å². The minimum absolute atomic E-state index is 0.396. The van der Waals surface area contributed by atoms with E-state index in [1.54, 1.807) is 0 Å². The number of halogens is 2. The van der Waals surface area contributed by atoms with Crippen molar-refractivity contribution in [2.45, 2.75) is 32.9 Å². The molecule has 0 aliphatic carbocycles. The van der Waals surface area contributed by atoms with Gasteiger partial charge in [-0.05, 0) is 55.7 Å². The van der Waals surface area contributed by atoms with Gasteiger partial charge < -0.3 is 9.30 Å². The van der Waals surface area contributed by atoms with Crippen LogP contribution in [0.25, 0.3) is 10.9 Å². The van der Waals surface area contributed by atoms with E-state index in [0.29, 0.717) is 6.10 Å². The lowest BCUT2D eigenvalue weighted by Gasteiger charge is -2.27. The number of hydrogen-bond donors (Lipinski definition) is 1. The Hall–Kier alpha value is 0.210. The van der Waals surface area contributed by atoms with Crippen LogP contribution in [0.3, 0.4) is 0 Å². The van der Waals surface area contributed by atoms with Crippen molar-refractivity contribution < 1.29 is 4.74 Å². The van der Waals surface area contributed by atoms with Gasteiger partial charge in [0.1, 0.15) is 4.60 Å². The minimum Gasteiger partial charge on any atom is -0.376 e. The van der Waals surface area contributed by atoms with E-state index in [1.165, 1.54) is 11.9 Å². The molecule has 0 N–H and O–H groups in total. The monoisotopic (exact) mass is 456 g/mol. The summed E-state index contributed by atoms with van der Waals surface area (Å²) in [5, 5.41) is 1.16. The lowest BCUT2D eigenvalue weighted by Crippen LogP contribution is -2.30. The fourth-order valence-electron chi connectivity index (χ4n) is 1.89. The molecule has 3 rings (SSSR count). The maximum atomic E-state index is 5.44. The minimum atomic E-state index is 0.396. The average molecular weight is 457 g/mol. The number of hydrogen-bond acceptors (Lipinski definition) is 3. The maximum absolute atomic E-state index is 5.44. The van der Waals surface area contributed by atoms with Crippen LogP contribution in [0.15, 0.2) is 29.1 Å². The summed E-state index contributed by atoms with van der Waals surface area (Å²) in [5.41, 5.74) is 1.22. The molecule has 1 aliphatic rings. The van der Waals surface area contributed by atoms with Crippen LogP contribution < -0.4 is 0 Å². The highest BCUT2D eigenvalue weighted by Crippen LogP contribution is 2.24. The number of thiol groups is 1. The first-order valence-corrected chi connectivity index (χ1v) is 10.2. The number of rotatable bonds is 2. The van der Waals surface area contributed by atoms with Gasteiger partial charge in [-0.15, -0.1) is 9.80 Å². The fraction of sp³-hybridized carbons (Fsp3) is 0.462. The normalized spacial score (nSPS) is 16.8. The molecular formula is C13H18BrIN2OS. The maximum Gasteiger partial charge on any atom is 0.115 e. The topological polar surface area (TPSA) is 27.1 Å². The van der Waals surface area contributed by atoms with Gasteiger partial charge in [0.15, 0.2) is 0 Å². The Labute approximate surface area is 140 Å². The highest BCUT2D eigenvalue weighted by Gasteiger charge is 2.19. The summed E-state index contributed by atoms with van der Waals surface area (Å²) in [6.45, 7) is 5.86. The van der Waals surface area contributed by atoms with Gasteiger partial charge in [0, 0.05) is 30.9 Å². The third-order valence-electron chi connectivity index (χ3n) is 2.84. The molecule has 0 bridgehead atoms. The van der Waals surface area contributed by atoms with Gasteiger partial charge in [0.2, 0.25) is 0 Å². The summed E-state index contributed by atoms with van der Waals surface area (Å²) < 4.78 is 8.57. The largest absolute Gasteiger partial charge is 0.376 e. The highest BCUT2D eigenvalue weighted by atomic mass is 127. The first kappa shape index (κ1) is 17.3. The van der Waals surface area contributed by atoms with Crippen molar-refractivity contribution in [3.63, 3.8) is 0 Å². The third kappa shape index (κ3) is 4.34. The van der Waals surface area contributed by atoms with E-state index in [1.807, 2.05) is 47.3 Å². The summed E-state index contributed by atoms with van der Waals surface area (Å²) in [6, 6.07) is 4.13. The molecule has 106 valence electrons. The number of pyridine rings is 1. The van der Waals surface area contributed by atoms with E-state index in [9.17, 15) is 0 Å². The molecule has 0 spiro atoms. The lowest BCUT2D eigenvalue weighted by atomic mass is 10.2. The van der Waals surface area contributed by atoms with Gasteiger partial charge in [-0.1, -0.05) is 13.8 Å². The fourth-order valence-corrected chi connectivity index (χ4v) is 2.35. The molecule has 0 saturated carbocycles. The Bertz CT molecular complexity index is 502. The van der Waals surface area contributed by atoms with Crippen molar-refractivity contribution in [1.29, 1.82) is 0 Å². The van der Waals surface area contributed by atoms with Crippen molar-refractivity contribution in [2.75, 3.05) is 6.61 Å². The zero-order chi connectivity index (χ0) is 14.3. The Balaban J connectivity index is 0.000000415. The molecule has 1 aliphatic heterocycles. The molecule has 2 aromatic rings. The van der Waals surface area contributed by atoms with E-state index >= 15 is 0 Å². The number of nitrogens with zero attached hydrogens (tertiary/aromatic N) is 2. The van der Waals surface area contributed by atoms with Gasteiger partial charge in [-0.2, -0.15) is 0 Å². The Morgan fingerprint density at radius 1 is 1.47 bits per heavy atom. The SMILES string of the molecule is Brc1nccc2c1ccn2CC1CCO1.CC.SI. The smallest absolute Gasteiger partial charge is 0.115 e. The number of ether oxygens (including phenoxy) is 1. The van der Waals surface area contributed by atoms with Crippen LogP contribution in [0.1, 0.15) is 20.3 Å². The molecule has 0 radical (unpaired) electrons. The van der Waals surface area contributed by atoms with Crippen molar-refractivity contribution >= 4 is 57.8 Å². The molecule has 1 fully saturated rings. The third-order valence-corrected chi connectivity index (χ3v) is 3.47. The second-order valence-corrected chi connectivity index (χ2v) is 4.54. The van der Waals surface area contributed by atoms with Gasteiger partial charge in [-0.3, -0.25) is 0 Å². The van der Waals surface area contributed by atoms with Crippen molar-refractivity contribution in [1.82, 2.24) is 9.55 Å². The summed E-state index contributed by atoms with van der Waals surface area (Å²) in [7, 11) is 3.50. The second kappa shape index (κ2) is 9.20. The van der Waals surface area contributed by atoms with Crippen LogP contribution in [-0.4, -0.2) is 22.3 Å². The van der Waals surface area contributed by atoms with Gasteiger partial charge in [0.05, 0.1) is 11.6 Å². The first-order chi connectivity index (χ1) is 9.34. The van der Waals surface area contributed by atoms with Gasteiger partial charge >= 0.3 is 0 Å². The Morgan fingerprint density at radius 3 is 2.74 bits per heavy atom. The molecule has 0 amide bonds. The van der Waals surface area contributed by atoms with Crippen LogP contribution >= 0.6 is 46.9 Å². The molecular weight excluding hydrogens is 439 g/mol. The molecule has 3 heterocycles. The van der Waals surface area contributed by atoms with E-state index < -0.39 is 0 Å². The molecule has 0 aromatic carbocycles. The lowest BCUT2D eigenvalue weighted by molar-refractivity contribution is -0.0586. The highest BCUT2D eigenvalue weighted by molar-refractivity contribution is 14.2. The predicted molar refractivity (Wildman–Crippen MR) is 96.1 cm³/mol. The number of fused-ring (bicyclic) bond motifs is 1. The van der Waals surface area contributed by atoms with E-state index in [-0.39, 0.29) is 0 Å². The second-order valence-electron chi connectivity index (χ2n) is 3.78. The van der Waals surface area contributed by atoms with Crippen LogP contribution in [0.5, 0.6) is 0 Å². The molecule has 2 aromatic heterocycles. The van der Waals surface area contributed by atoms with Crippen LogP contribution in [0.2, 0.25) is 0 Å². The van der Waals surface area contributed by atoms with E-state index in [4.69, 9.17) is 4.74 Å². The standard InChI is InChI=1S/C11H11BrN2O.C2H6.HIS/c12-11-9-2-5-14(7-8-3-6-15-8)10(9)1-4-13-11;2*1-2/h1-2,4-5,8H,3,6-7H2;1-2H3;2H. The molecule has 1 saturated heterocycles. The van der Waals surface area contributed by atoms with Crippen molar-refractivity contribution in [3.05, 3.63) is 29.1 Å². The van der Waals surface area contributed by atoms with Gasteiger partial charge in [0.25, 0.3) is 0 Å². The quantitative estimate of drug-likeness (QED) is 0.396. The molecule has 3 nitrogen and oxygen atoms in total. The van der Waals surface area contributed by atoms with Crippen LogP contribution in [0.4, 0.5) is 0 Å². The van der Waals surface area contributed by atoms with E-state index in [2.05, 4.69) is 47.5 Å². The van der Waals surface area contributed by atoms with Crippen molar-refractivity contribution in [3.8, 4) is 0 Å². The predicted octanol–water partition coefficient (Wildman–Crippen LogP) is 4.88.